The van der Waals surface area contributed by atoms with Gasteiger partial charge in [0.25, 0.3) is 0 Å². The molecule has 3 unspecified atom stereocenters. The van der Waals surface area contributed by atoms with Crippen molar-refractivity contribution in [3.8, 4) is 0 Å². The highest BCUT2D eigenvalue weighted by Gasteiger charge is 2.31. The molecular weight excluding hydrogens is 238 g/mol. The van der Waals surface area contributed by atoms with E-state index in [0.717, 1.165) is 38.9 Å². The third-order valence-corrected chi connectivity index (χ3v) is 4.63. The first-order chi connectivity index (χ1) is 9.20. The summed E-state index contributed by atoms with van der Waals surface area (Å²) in [5.74, 6) is 0. The van der Waals surface area contributed by atoms with Crippen molar-refractivity contribution in [2.24, 2.45) is 0 Å². The second-order valence-electron chi connectivity index (χ2n) is 6.13. The maximum Gasteiger partial charge on any atom is 0.0594 e. The lowest BCUT2D eigenvalue weighted by Crippen LogP contribution is -2.45. The van der Waals surface area contributed by atoms with E-state index in [9.17, 15) is 0 Å². The van der Waals surface area contributed by atoms with Crippen LogP contribution < -0.4 is 5.32 Å². The van der Waals surface area contributed by atoms with Crippen LogP contribution in [0.15, 0.2) is 0 Å². The summed E-state index contributed by atoms with van der Waals surface area (Å²) in [6.07, 6.45) is 2.59. The van der Waals surface area contributed by atoms with Gasteiger partial charge in [-0.2, -0.15) is 0 Å². The van der Waals surface area contributed by atoms with Crippen LogP contribution in [0.25, 0.3) is 0 Å². The van der Waals surface area contributed by atoms with E-state index in [1.54, 1.807) is 0 Å². The molecule has 3 atom stereocenters. The molecule has 4 nitrogen and oxygen atoms in total. The third kappa shape index (κ3) is 4.42. The van der Waals surface area contributed by atoms with Gasteiger partial charge in [-0.25, -0.2) is 0 Å². The maximum absolute atomic E-state index is 5.45. The standard InChI is InChI=1S/C15H31N3O/c1-4-16-13(2)11-14(3)18-6-5-15(12-18)17-7-9-19-10-8-17/h13-16H,4-12H2,1-3H3. The second-order valence-corrected chi connectivity index (χ2v) is 6.13. The molecule has 19 heavy (non-hydrogen) atoms. The molecule has 2 rings (SSSR count). The Balaban J connectivity index is 1.74. The van der Waals surface area contributed by atoms with Crippen molar-refractivity contribution in [2.45, 2.75) is 51.7 Å². The number of likely N-dealkylation sites (tertiary alicyclic amines) is 1. The van der Waals surface area contributed by atoms with Crippen LogP contribution in [-0.4, -0.2) is 73.9 Å². The fraction of sp³-hybridized carbons (Fsp3) is 1.00. The molecule has 0 spiro atoms. The van der Waals surface area contributed by atoms with Gasteiger partial charge in [0.05, 0.1) is 13.2 Å². The summed E-state index contributed by atoms with van der Waals surface area (Å²) < 4.78 is 5.45. The smallest absolute Gasteiger partial charge is 0.0594 e. The quantitative estimate of drug-likeness (QED) is 0.783. The predicted molar refractivity (Wildman–Crippen MR) is 79.6 cm³/mol. The molecule has 2 saturated heterocycles. The molecule has 0 aromatic rings. The molecule has 112 valence electrons. The Morgan fingerprint density at radius 1 is 1.21 bits per heavy atom. The van der Waals surface area contributed by atoms with Crippen molar-refractivity contribution in [2.75, 3.05) is 45.9 Å². The Labute approximate surface area is 118 Å². The maximum atomic E-state index is 5.45. The molecule has 1 N–H and O–H groups in total. The molecule has 4 heteroatoms. The van der Waals surface area contributed by atoms with Gasteiger partial charge < -0.3 is 10.1 Å². The summed E-state index contributed by atoms with van der Waals surface area (Å²) in [4.78, 5) is 5.30. The second kappa shape index (κ2) is 7.58. The summed E-state index contributed by atoms with van der Waals surface area (Å²) in [5, 5.41) is 3.52. The molecule has 0 bridgehead atoms. The van der Waals surface area contributed by atoms with Crippen LogP contribution in [0.5, 0.6) is 0 Å². The minimum absolute atomic E-state index is 0.627. The lowest BCUT2D eigenvalue weighted by Gasteiger charge is -2.33. The molecule has 0 saturated carbocycles. The molecule has 0 amide bonds. The van der Waals surface area contributed by atoms with Crippen molar-refractivity contribution >= 4 is 0 Å². The van der Waals surface area contributed by atoms with E-state index < -0.39 is 0 Å². The van der Waals surface area contributed by atoms with E-state index in [2.05, 4.69) is 35.9 Å². The van der Waals surface area contributed by atoms with Crippen molar-refractivity contribution in [3.63, 3.8) is 0 Å². The van der Waals surface area contributed by atoms with Crippen molar-refractivity contribution < 1.29 is 4.74 Å². The lowest BCUT2D eigenvalue weighted by atomic mass is 10.1. The van der Waals surface area contributed by atoms with Crippen LogP contribution in [0.3, 0.4) is 0 Å². The van der Waals surface area contributed by atoms with Gasteiger partial charge in [-0.05, 0) is 33.2 Å². The number of morpholine rings is 1. The molecule has 0 radical (unpaired) electrons. The first-order valence-corrected chi connectivity index (χ1v) is 8.00. The topological polar surface area (TPSA) is 27.7 Å². The van der Waals surface area contributed by atoms with Crippen molar-refractivity contribution in [1.82, 2.24) is 15.1 Å². The van der Waals surface area contributed by atoms with Crippen molar-refractivity contribution in [3.05, 3.63) is 0 Å². The summed E-state index contributed by atoms with van der Waals surface area (Å²) >= 11 is 0. The highest BCUT2D eigenvalue weighted by molar-refractivity contribution is 4.87. The van der Waals surface area contributed by atoms with Gasteiger partial charge in [0.2, 0.25) is 0 Å². The van der Waals surface area contributed by atoms with E-state index in [1.807, 2.05) is 0 Å². The first kappa shape index (κ1) is 15.2. The molecule has 0 aliphatic carbocycles. The molecular formula is C15H31N3O. The number of hydrogen-bond acceptors (Lipinski definition) is 4. The zero-order valence-corrected chi connectivity index (χ0v) is 12.9. The van der Waals surface area contributed by atoms with Crippen LogP contribution in [0.4, 0.5) is 0 Å². The summed E-state index contributed by atoms with van der Waals surface area (Å²) in [6, 6.07) is 2.09. The van der Waals surface area contributed by atoms with E-state index in [4.69, 9.17) is 4.74 Å². The molecule has 2 heterocycles. The van der Waals surface area contributed by atoms with Gasteiger partial charge in [-0.15, -0.1) is 0 Å². The van der Waals surface area contributed by atoms with E-state index >= 15 is 0 Å². The highest BCUT2D eigenvalue weighted by Crippen LogP contribution is 2.20. The van der Waals surface area contributed by atoms with Crippen LogP contribution in [0.2, 0.25) is 0 Å². The highest BCUT2D eigenvalue weighted by atomic mass is 16.5. The zero-order chi connectivity index (χ0) is 13.7. The number of ether oxygens (including phenoxy) is 1. The largest absolute Gasteiger partial charge is 0.379 e. The van der Waals surface area contributed by atoms with Crippen LogP contribution in [-0.2, 0) is 4.74 Å². The van der Waals surface area contributed by atoms with Gasteiger partial charge in [0, 0.05) is 44.3 Å². The molecule has 2 aliphatic heterocycles. The molecule has 2 fully saturated rings. The lowest BCUT2D eigenvalue weighted by molar-refractivity contribution is 0.0176. The average molecular weight is 269 g/mol. The zero-order valence-electron chi connectivity index (χ0n) is 12.9. The molecule has 0 aromatic heterocycles. The van der Waals surface area contributed by atoms with E-state index in [0.29, 0.717) is 12.1 Å². The van der Waals surface area contributed by atoms with Gasteiger partial charge in [-0.3, -0.25) is 9.80 Å². The van der Waals surface area contributed by atoms with Crippen LogP contribution in [0, 0.1) is 0 Å². The first-order valence-electron chi connectivity index (χ1n) is 8.00. The van der Waals surface area contributed by atoms with E-state index in [1.165, 1.54) is 25.9 Å². The molecule has 0 aromatic carbocycles. The van der Waals surface area contributed by atoms with Crippen LogP contribution in [0.1, 0.15) is 33.6 Å². The average Bonchev–Trinajstić information content (AvgIpc) is 2.89. The van der Waals surface area contributed by atoms with E-state index in [-0.39, 0.29) is 0 Å². The normalized spacial score (nSPS) is 29.5. The summed E-state index contributed by atoms with van der Waals surface area (Å²) in [7, 11) is 0. The van der Waals surface area contributed by atoms with Crippen molar-refractivity contribution in [1.29, 1.82) is 0 Å². The number of rotatable bonds is 6. The third-order valence-electron chi connectivity index (χ3n) is 4.63. The Kier molecular flexibility index (Phi) is 6.07. The van der Waals surface area contributed by atoms with Gasteiger partial charge in [0.1, 0.15) is 0 Å². The number of hydrogen-bond donors (Lipinski definition) is 1. The predicted octanol–water partition coefficient (Wildman–Crippen LogP) is 1.17. The Morgan fingerprint density at radius 3 is 2.63 bits per heavy atom. The number of nitrogens with one attached hydrogen (secondary N) is 1. The minimum Gasteiger partial charge on any atom is -0.379 e. The van der Waals surface area contributed by atoms with Gasteiger partial charge in [0.15, 0.2) is 0 Å². The Morgan fingerprint density at radius 2 is 1.95 bits per heavy atom. The fourth-order valence-electron chi connectivity index (χ4n) is 3.50. The minimum atomic E-state index is 0.627. The van der Waals surface area contributed by atoms with Crippen LogP contribution >= 0.6 is 0 Å². The van der Waals surface area contributed by atoms with Gasteiger partial charge in [-0.1, -0.05) is 6.92 Å². The molecule has 2 aliphatic rings. The number of nitrogens with zero attached hydrogens (tertiary/aromatic N) is 2. The summed E-state index contributed by atoms with van der Waals surface area (Å²) in [5.41, 5.74) is 0. The monoisotopic (exact) mass is 269 g/mol. The Bertz CT molecular complexity index is 256. The van der Waals surface area contributed by atoms with Gasteiger partial charge >= 0.3 is 0 Å². The Hall–Kier alpha value is -0.160. The summed E-state index contributed by atoms with van der Waals surface area (Å²) in [6.45, 7) is 14.6. The fourth-order valence-corrected chi connectivity index (χ4v) is 3.50. The SMILES string of the molecule is CCNC(C)CC(C)N1CCC(N2CCOCC2)C1.